The van der Waals surface area contributed by atoms with E-state index in [1.54, 1.807) is 4.90 Å². The van der Waals surface area contributed by atoms with E-state index in [9.17, 15) is 4.79 Å². The van der Waals surface area contributed by atoms with Crippen molar-refractivity contribution in [1.29, 1.82) is 0 Å². The second-order valence-electron chi connectivity index (χ2n) is 2.08. The molecule has 0 radical (unpaired) electrons. The molecule has 0 aliphatic carbocycles. The van der Waals surface area contributed by atoms with E-state index in [0.29, 0.717) is 5.96 Å². The highest BCUT2D eigenvalue weighted by Gasteiger charge is 2.13. The zero-order chi connectivity index (χ0) is 6.85. The molecule has 1 amide bonds. The molecule has 0 spiro atoms. The zero-order valence-electron chi connectivity index (χ0n) is 5.51. The molecule has 0 atom stereocenters. The predicted octanol–water partition coefficient (Wildman–Crippen LogP) is -0.966. The number of nitrogens with one attached hydrogen (secondary N) is 1. The minimum absolute atomic E-state index is 0.0290. The van der Waals surface area contributed by atoms with Gasteiger partial charge >= 0.3 is 0 Å². The van der Waals surface area contributed by atoms with Gasteiger partial charge in [-0.3, -0.25) is 10.1 Å². The first-order chi connectivity index (χ1) is 4.20. The number of aliphatic imine (C=N–C) groups is 1. The van der Waals surface area contributed by atoms with Crippen molar-refractivity contribution < 1.29 is 4.79 Å². The van der Waals surface area contributed by atoms with Crippen LogP contribution in [0.2, 0.25) is 0 Å². The fraction of sp³-hybridized carbons (Fsp3) is 0.600. The third-order valence-corrected chi connectivity index (χ3v) is 1.05. The molecule has 0 bridgehead atoms. The highest BCUT2D eigenvalue weighted by Crippen LogP contribution is 1.88. The minimum atomic E-state index is -0.0290. The number of amides is 1. The van der Waals surface area contributed by atoms with E-state index in [2.05, 4.69) is 10.3 Å². The molecule has 0 fully saturated rings. The quantitative estimate of drug-likeness (QED) is 0.455. The zero-order valence-corrected chi connectivity index (χ0v) is 5.51. The molecular formula is C5H9N3O. The van der Waals surface area contributed by atoms with E-state index in [1.165, 1.54) is 0 Å². The third-order valence-electron chi connectivity index (χ3n) is 1.05. The van der Waals surface area contributed by atoms with E-state index < -0.39 is 0 Å². The SMILES string of the molecule is CN(C)C1=NCC(=O)N1. The smallest absolute Gasteiger partial charge is 0.248 e. The molecule has 1 aliphatic rings. The summed E-state index contributed by atoms with van der Waals surface area (Å²) < 4.78 is 0. The molecular weight excluding hydrogens is 118 g/mol. The van der Waals surface area contributed by atoms with Gasteiger partial charge in [-0.15, -0.1) is 0 Å². The second kappa shape index (κ2) is 2.05. The predicted molar refractivity (Wildman–Crippen MR) is 34.1 cm³/mol. The van der Waals surface area contributed by atoms with Gasteiger partial charge in [0.25, 0.3) is 0 Å². The lowest BCUT2D eigenvalue weighted by Gasteiger charge is -2.09. The number of carbonyl (C=O) groups is 1. The topological polar surface area (TPSA) is 44.7 Å². The normalized spacial score (nSPS) is 17.1. The molecule has 50 valence electrons. The summed E-state index contributed by atoms with van der Waals surface area (Å²) in [6, 6.07) is 0. The highest BCUT2D eigenvalue weighted by atomic mass is 16.2. The van der Waals surface area contributed by atoms with Crippen LogP contribution in [0, 0.1) is 0 Å². The average Bonchev–Trinajstić information content (AvgIpc) is 2.14. The van der Waals surface area contributed by atoms with E-state index in [1.807, 2.05) is 14.1 Å². The number of carbonyl (C=O) groups excluding carboxylic acids is 1. The van der Waals surface area contributed by atoms with Crippen molar-refractivity contribution in [3.8, 4) is 0 Å². The average molecular weight is 127 g/mol. The molecule has 1 aliphatic heterocycles. The standard InChI is InChI=1S/C5H9N3O/c1-8(2)5-6-3-4(9)7-5/h3H2,1-2H3,(H,6,7,9). The Labute approximate surface area is 53.6 Å². The lowest BCUT2D eigenvalue weighted by atomic mass is 10.7. The van der Waals surface area contributed by atoms with Crippen molar-refractivity contribution in [2.45, 2.75) is 0 Å². The summed E-state index contributed by atoms with van der Waals surface area (Å²) in [7, 11) is 3.68. The Morgan fingerprint density at radius 1 is 1.67 bits per heavy atom. The molecule has 4 heteroatoms. The Morgan fingerprint density at radius 3 is 2.56 bits per heavy atom. The Morgan fingerprint density at radius 2 is 2.33 bits per heavy atom. The van der Waals surface area contributed by atoms with E-state index >= 15 is 0 Å². The first-order valence-electron chi connectivity index (χ1n) is 2.72. The second-order valence-corrected chi connectivity index (χ2v) is 2.08. The van der Waals surface area contributed by atoms with Crippen LogP contribution < -0.4 is 5.32 Å². The van der Waals surface area contributed by atoms with Crippen LogP contribution in [0.25, 0.3) is 0 Å². The van der Waals surface area contributed by atoms with Gasteiger partial charge in [0, 0.05) is 14.1 Å². The van der Waals surface area contributed by atoms with Gasteiger partial charge in [0.15, 0.2) is 0 Å². The molecule has 9 heavy (non-hydrogen) atoms. The molecule has 0 unspecified atom stereocenters. The number of nitrogens with zero attached hydrogens (tertiary/aromatic N) is 2. The van der Waals surface area contributed by atoms with Crippen molar-refractivity contribution in [2.75, 3.05) is 20.6 Å². The number of hydrogen-bond donors (Lipinski definition) is 1. The van der Waals surface area contributed by atoms with Crippen LogP contribution in [0.1, 0.15) is 0 Å². The summed E-state index contributed by atoms with van der Waals surface area (Å²) in [4.78, 5) is 16.2. The summed E-state index contributed by atoms with van der Waals surface area (Å²) in [5.41, 5.74) is 0. The first kappa shape index (κ1) is 6.07. The molecule has 1 rings (SSSR count). The summed E-state index contributed by atoms with van der Waals surface area (Å²) in [5, 5.41) is 2.59. The summed E-state index contributed by atoms with van der Waals surface area (Å²) in [6.07, 6.45) is 0. The van der Waals surface area contributed by atoms with Crippen LogP contribution >= 0.6 is 0 Å². The highest BCUT2D eigenvalue weighted by molar-refractivity contribution is 6.02. The van der Waals surface area contributed by atoms with E-state index in [-0.39, 0.29) is 12.5 Å². The third kappa shape index (κ3) is 1.19. The maximum absolute atomic E-state index is 10.5. The van der Waals surface area contributed by atoms with Gasteiger partial charge in [-0.25, -0.2) is 4.99 Å². The largest absolute Gasteiger partial charge is 0.349 e. The molecule has 0 aromatic rings. The fourth-order valence-corrected chi connectivity index (χ4v) is 0.604. The fourth-order valence-electron chi connectivity index (χ4n) is 0.604. The molecule has 1 heterocycles. The Balaban J connectivity index is 2.55. The van der Waals surface area contributed by atoms with Gasteiger partial charge in [-0.05, 0) is 0 Å². The lowest BCUT2D eigenvalue weighted by Crippen LogP contribution is -2.35. The van der Waals surface area contributed by atoms with Crippen LogP contribution in [0.3, 0.4) is 0 Å². The van der Waals surface area contributed by atoms with Crippen molar-refractivity contribution in [3.05, 3.63) is 0 Å². The van der Waals surface area contributed by atoms with Gasteiger partial charge in [-0.2, -0.15) is 0 Å². The molecule has 0 saturated heterocycles. The van der Waals surface area contributed by atoms with Gasteiger partial charge in [0.1, 0.15) is 6.54 Å². The van der Waals surface area contributed by atoms with Crippen molar-refractivity contribution in [3.63, 3.8) is 0 Å². The van der Waals surface area contributed by atoms with Crippen LogP contribution in [-0.2, 0) is 4.79 Å². The van der Waals surface area contributed by atoms with Crippen LogP contribution in [0.5, 0.6) is 0 Å². The van der Waals surface area contributed by atoms with Gasteiger partial charge in [-0.1, -0.05) is 0 Å². The molecule has 0 saturated carbocycles. The minimum Gasteiger partial charge on any atom is -0.349 e. The van der Waals surface area contributed by atoms with Crippen LogP contribution in [0.4, 0.5) is 0 Å². The van der Waals surface area contributed by atoms with Gasteiger partial charge in [0.05, 0.1) is 0 Å². The Kier molecular flexibility index (Phi) is 1.38. The first-order valence-corrected chi connectivity index (χ1v) is 2.72. The summed E-state index contributed by atoms with van der Waals surface area (Å²) in [5.74, 6) is 0.624. The van der Waals surface area contributed by atoms with Crippen molar-refractivity contribution >= 4 is 11.9 Å². The molecule has 1 N–H and O–H groups in total. The lowest BCUT2D eigenvalue weighted by molar-refractivity contribution is -0.117. The maximum Gasteiger partial charge on any atom is 0.248 e. The molecule has 4 nitrogen and oxygen atoms in total. The maximum atomic E-state index is 10.5. The van der Waals surface area contributed by atoms with Crippen molar-refractivity contribution in [1.82, 2.24) is 10.2 Å². The van der Waals surface area contributed by atoms with Crippen LogP contribution in [-0.4, -0.2) is 37.4 Å². The molecule has 0 aromatic heterocycles. The monoisotopic (exact) mass is 127 g/mol. The number of guanidine groups is 1. The Hall–Kier alpha value is -1.06. The number of rotatable bonds is 0. The van der Waals surface area contributed by atoms with Gasteiger partial charge in [0.2, 0.25) is 11.9 Å². The summed E-state index contributed by atoms with van der Waals surface area (Å²) in [6.45, 7) is 0.271. The van der Waals surface area contributed by atoms with E-state index in [4.69, 9.17) is 0 Å². The van der Waals surface area contributed by atoms with Crippen LogP contribution in [0.15, 0.2) is 4.99 Å². The molecule has 0 aromatic carbocycles. The van der Waals surface area contributed by atoms with Crippen molar-refractivity contribution in [2.24, 2.45) is 4.99 Å². The van der Waals surface area contributed by atoms with Gasteiger partial charge < -0.3 is 4.90 Å². The van der Waals surface area contributed by atoms with E-state index in [0.717, 1.165) is 0 Å². The Bertz CT molecular complexity index is 162. The summed E-state index contributed by atoms with van der Waals surface area (Å²) >= 11 is 0. The number of hydrogen-bond acceptors (Lipinski definition) is 3.